The van der Waals surface area contributed by atoms with Crippen LogP contribution in [0.2, 0.25) is 5.02 Å². The molecule has 2 N–H and O–H groups in total. The second-order valence-electron chi connectivity index (χ2n) is 6.15. The smallest absolute Gasteiger partial charge is 0.237 e. The molecule has 1 atom stereocenters. The minimum absolute atomic E-state index is 0.0831. The van der Waals surface area contributed by atoms with Crippen LogP contribution in [0.25, 0.3) is 0 Å². The Morgan fingerprint density at radius 3 is 2.75 bits per heavy atom. The summed E-state index contributed by atoms with van der Waals surface area (Å²) in [6.07, 6.45) is -0.269. The molecule has 0 aromatic heterocycles. The second-order valence-corrected chi connectivity index (χ2v) is 10.1. The van der Waals surface area contributed by atoms with Gasteiger partial charge >= 0.3 is 0 Å². The van der Waals surface area contributed by atoms with Crippen molar-refractivity contribution in [2.24, 2.45) is 0 Å². The van der Waals surface area contributed by atoms with E-state index in [4.69, 9.17) is 11.6 Å². The number of hydrogen-bond donors (Lipinski definition) is 2. The first-order valence-corrected chi connectivity index (χ1v) is 11.2. The van der Waals surface area contributed by atoms with Crippen LogP contribution in [-0.2, 0) is 19.4 Å². The molecule has 2 aromatic carbocycles. The molecule has 2 aromatic rings. The van der Waals surface area contributed by atoms with Crippen LogP contribution < -0.4 is 10.6 Å². The summed E-state index contributed by atoms with van der Waals surface area (Å²) in [6.45, 7) is 1.73. The van der Waals surface area contributed by atoms with Crippen LogP contribution in [0.1, 0.15) is 13.3 Å². The molecule has 148 valence electrons. The van der Waals surface area contributed by atoms with Crippen LogP contribution >= 0.6 is 23.4 Å². The van der Waals surface area contributed by atoms with Crippen LogP contribution in [0.5, 0.6) is 0 Å². The summed E-state index contributed by atoms with van der Waals surface area (Å²) in [4.78, 5) is 24.5. The highest BCUT2D eigenvalue weighted by molar-refractivity contribution is 8.01. The molecule has 0 bridgehead atoms. The van der Waals surface area contributed by atoms with Crippen LogP contribution in [0.4, 0.5) is 15.8 Å². The third kappa shape index (κ3) is 4.65. The number of nitrogens with one attached hydrogen (secondary N) is 2. The summed E-state index contributed by atoms with van der Waals surface area (Å²) >= 11 is 6.93. The zero-order valence-electron chi connectivity index (χ0n) is 14.7. The molecule has 0 saturated carbocycles. The number of carbonyl (C=O) groups excluding carboxylic acids is 2. The number of carbonyl (C=O) groups is 2. The highest BCUT2D eigenvalue weighted by Gasteiger charge is 2.25. The van der Waals surface area contributed by atoms with Gasteiger partial charge in [-0.2, -0.15) is 0 Å². The monoisotopic (exact) mass is 442 g/mol. The fraction of sp³-hybridized carbons (Fsp3) is 0.222. The average Bonchev–Trinajstić information content (AvgIpc) is 2.64. The maximum atomic E-state index is 13.1. The molecule has 2 amide bonds. The Balaban J connectivity index is 1.67. The molecule has 1 aliphatic heterocycles. The van der Waals surface area contributed by atoms with E-state index in [1.807, 2.05) is 0 Å². The molecular weight excluding hydrogens is 427 g/mol. The van der Waals surface area contributed by atoms with Gasteiger partial charge in [0.2, 0.25) is 11.8 Å². The van der Waals surface area contributed by atoms with Crippen molar-refractivity contribution in [2.75, 3.05) is 16.4 Å². The van der Waals surface area contributed by atoms with E-state index >= 15 is 0 Å². The fourth-order valence-electron chi connectivity index (χ4n) is 2.52. The lowest BCUT2D eigenvalue weighted by atomic mass is 10.3. The van der Waals surface area contributed by atoms with Gasteiger partial charge in [0.25, 0.3) is 0 Å². The number of fused-ring (bicyclic) bond motifs is 1. The number of hydrogen-bond acceptors (Lipinski definition) is 5. The highest BCUT2D eigenvalue weighted by atomic mass is 35.5. The maximum Gasteiger partial charge on any atom is 0.237 e. The lowest BCUT2D eigenvalue weighted by Gasteiger charge is -2.21. The summed E-state index contributed by atoms with van der Waals surface area (Å²) in [5.74, 6) is -1.66. The van der Waals surface area contributed by atoms with Gasteiger partial charge in [0.05, 0.1) is 26.6 Å². The molecule has 1 unspecified atom stereocenters. The van der Waals surface area contributed by atoms with Gasteiger partial charge in [0.15, 0.2) is 9.84 Å². The summed E-state index contributed by atoms with van der Waals surface area (Å²) in [7, 11) is -3.70. The van der Waals surface area contributed by atoms with Crippen molar-refractivity contribution in [3.05, 3.63) is 47.2 Å². The standard InChI is InChI=1S/C18H16ClFN2O4S2/c1-10-18(24)22-15-5-3-12(9-16(15)27-10)28(25,26)7-6-17(23)21-11-2-4-14(20)13(19)8-11/h2-5,8-10H,6-7H2,1H3,(H,21,23)(H,22,24). The Bertz CT molecular complexity index is 1060. The molecule has 3 rings (SSSR count). The van der Waals surface area contributed by atoms with E-state index in [1.165, 1.54) is 36.0 Å². The molecule has 0 saturated heterocycles. The average molecular weight is 443 g/mol. The Morgan fingerprint density at radius 1 is 1.29 bits per heavy atom. The quantitative estimate of drug-likeness (QED) is 0.736. The van der Waals surface area contributed by atoms with Gasteiger partial charge in [-0.15, -0.1) is 11.8 Å². The van der Waals surface area contributed by atoms with Gasteiger partial charge in [0.1, 0.15) is 5.82 Å². The first-order valence-electron chi connectivity index (χ1n) is 8.25. The number of thioether (sulfide) groups is 1. The number of sulfone groups is 1. The van der Waals surface area contributed by atoms with E-state index < -0.39 is 21.6 Å². The molecule has 0 spiro atoms. The first kappa shape index (κ1) is 20.6. The number of rotatable bonds is 5. The molecule has 1 aliphatic rings. The largest absolute Gasteiger partial charge is 0.326 e. The van der Waals surface area contributed by atoms with Crippen LogP contribution in [0, 0.1) is 5.82 Å². The van der Waals surface area contributed by atoms with Crippen molar-refractivity contribution >= 4 is 56.4 Å². The zero-order chi connectivity index (χ0) is 20.5. The number of anilines is 2. The van der Waals surface area contributed by atoms with Gasteiger partial charge in [0, 0.05) is 17.0 Å². The van der Waals surface area contributed by atoms with Crippen molar-refractivity contribution in [1.29, 1.82) is 0 Å². The second kappa shape index (κ2) is 8.10. The van der Waals surface area contributed by atoms with E-state index in [-0.39, 0.29) is 38.9 Å². The normalized spacial score (nSPS) is 16.2. The predicted molar refractivity (Wildman–Crippen MR) is 107 cm³/mol. The summed E-state index contributed by atoms with van der Waals surface area (Å²) in [5, 5.41) is 4.75. The van der Waals surface area contributed by atoms with E-state index in [2.05, 4.69) is 10.6 Å². The highest BCUT2D eigenvalue weighted by Crippen LogP contribution is 2.37. The topological polar surface area (TPSA) is 92.3 Å². The maximum absolute atomic E-state index is 13.1. The molecular formula is C18H16ClFN2O4S2. The summed E-state index contributed by atoms with van der Waals surface area (Å²) in [5.41, 5.74) is 0.849. The minimum Gasteiger partial charge on any atom is -0.326 e. The molecule has 1 heterocycles. The van der Waals surface area contributed by atoms with Gasteiger partial charge in [-0.05, 0) is 43.3 Å². The molecule has 28 heavy (non-hydrogen) atoms. The third-order valence-electron chi connectivity index (χ3n) is 4.04. The summed E-state index contributed by atoms with van der Waals surface area (Å²) < 4.78 is 38.3. The first-order chi connectivity index (χ1) is 13.2. The number of benzene rings is 2. The molecule has 0 aliphatic carbocycles. The van der Waals surface area contributed by atoms with E-state index in [0.717, 1.165) is 6.07 Å². The SMILES string of the molecule is CC1Sc2cc(S(=O)(=O)CCC(=O)Nc3ccc(F)c(Cl)c3)ccc2NC1=O. The Hall–Kier alpha value is -2.10. The number of amides is 2. The van der Waals surface area contributed by atoms with Gasteiger partial charge < -0.3 is 10.6 Å². The summed E-state index contributed by atoms with van der Waals surface area (Å²) in [6, 6.07) is 8.15. The van der Waals surface area contributed by atoms with E-state index in [1.54, 1.807) is 13.0 Å². The Kier molecular flexibility index (Phi) is 5.97. The molecule has 0 radical (unpaired) electrons. The lowest BCUT2D eigenvalue weighted by Crippen LogP contribution is -2.26. The predicted octanol–water partition coefficient (Wildman–Crippen LogP) is 3.71. The van der Waals surface area contributed by atoms with Crippen molar-refractivity contribution in [3.63, 3.8) is 0 Å². The van der Waals surface area contributed by atoms with Crippen molar-refractivity contribution in [3.8, 4) is 0 Å². The van der Waals surface area contributed by atoms with Crippen LogP contribution in [0.3, 0.4) is 0 Å². The van der Waals surface area contributed by atoms with Crippen LogP contribution in [-0.4, -0.2) is 31.2 Å². The van der Waals surface area contributed by atoms with Crippen LogP contribution in [0.15, 0.2) is 46.2 Å². The Morgan fingerprint density at radius 2 is 2.04 bits per heavy atom. The Labute approximate surface area is 170 Å². The fourth-order valence-corrected chi connectivity index (χ4v) is 5.02. The number of halogens is 2. The van der Waals surface area contributed by atoms with E-state index in [0.29, 0.717) is 10.6 Å². The van der Waals surface area contributed by atoms with Gasteiger partial charge in [-0.3, -0.25) is 9.59 Å². The van der Waals surface area contributed by atoms with Crippen molar-refractivity contribution in [1.82, 2.24) is 0 Å². The minimum atomic E-state index is -3.70. The molecule has 10 heteroatoms. The van der Waals surface area contributed by atoms with Gasteiger partial charge in [-0.1, -0.05) is 11.6 Å². The van der Waals surface area contributed by atoms with Crippen molar-refractivity contribution in [2.45, 2.75) is 28.4 Å². The molecule has 0 fully saturated rings. The zero-order valence-corrected chi connectivity index (χ0v) is 17.1. The van der Waals surface area contributed by atoms with Crippen molar-refractivity contribution < 1.29 is 22.4 Å². The van der Waals surface area contributed by atoms with Gasteiger partial charge in [-0.25, -0.2) is 12.8 Å². The third-order valence-corrected chi connectivity index (χ3v) is 7.21. The van der Waals surface area contributed by atoms with E-state index in [9.17, 15) is 22.4 Å². The lowest BCUT2D eigenvalue weighted by molar-refractivity contribution is -0.116. The molecule has 6 nitrogen and oxygen atoms in total.